The van der Waals surface area contributed by atoms with Gasteiger partial charge < -0.3 is 24.2 Å². The first kappa shape index (κ1) is 20.3. The molecule has 1 aliphatic rings. The Morgan fingerprint density at radius 3 is 2.50 bits per heavy atom. The molecule has 1 atom stereocenters. The van der Waals surface area contributed by atoms with Gasteiger partial charge in [0.25, 0.3) is 5.91 Å². The second-order valence-corrected chi connectivity index (χ2v) is 7.34. The molecule has 7 heteroatoms. The summed E-state index contributed by atoms with van der Waals surface area (Å²) in [5, 5.41) is 11.5. The van der Waals surface area contributed by atoms with Gasteiger partial charge in [-0.3, -0.25) is 4.79 Å². The maximum atomic E-state index is 13.0. The molecule has 1 unspecified atom stereocenters. The third kappa shape index (κ3) is 4.88. The fourth-order valence-electron chi connectivity index (χ4n) is 3.29. The van der Waals surface area contributed by atoms with Gasteiger partial charge in [0.1, 0.15) is 29.5 Å². The van der Waals surface area contributed by atoms with E-state index in [0.717, 1.165) is 0 Å². The average Bonchev–Trinajstić information content (AvgIpc) is 2.71. The van der Waals surface area contributed by atoms with Crippen LogP contribution in [-0.2, 0) is 0 Å². The summed E-state index contributed by atoms with van der Waals surface area (Å²) in [7, 11) is 3.08. The SMILES string of the molecule is COc1cc(OC)cc(C(=O)N2CCCC(O)(COc3cccc(Cl)c3)C2)c1. The Bertz CT molecular complexity index is 821. The number of likely N-dealkylation sites (tertiary alicyclic amines) is 1. The molecule has 0 aliphatic carbocycles. The van der Waals surface area contributed by atoms with Crippen LogP contribution >= 0.6 is 11.6 Å². The van der Waals surface area contributed by atoms with Crippen LogP contribution in [0, 0.1) is 0 Å². The number of aliphatic hydroxyl groups is 1. The summed E-state index contributed by atoms with van der Waals surface area (Å²) in [4.78, 5) is 14.6. The molecule has 6 nitrogen and oxygen atoms in total. The second-order valence-electron chi connectivity index (χ2n) is 6.90. The number of hydrogen-bond acceptors (Lipinski definition) is 5. The number of piperidine rings is 1. The minimum absolute atomic E-state index is 0.0819. The predicted octanol–water partition coefficient (Wildman–Crippen LogP) is 3.40. The van der Waals surface area contributed by atoms with E-state index in [1.54, 1.807) is 47.4 Å². The van der Waals surface area contributed by atoms with Gasteiger partial charge in [-0.05, 0) is 43.2 Å². The topological polar surface area (TPSA) is 68.2 Å². The fraction of sp³-hybridized carbons (Fsp3) is 0.381. The summed E-state index contributed by atoms with van der Waals surface area (Å²) >= 11 is 5.97. The van der Waals surface area contributed by atoms with Crippen LogP contribution in [-0.4, -0.2) is 55.4 Å². The van der Waals surface area contributed by atoms with Crippen LogP contribution in [0.1, 0.15) is 23.2 Å². The van der Waals surface area contributed by atoms with E-state index in [9.17, 15) is 9.90 Å². The average molecular weight is 406 g/mol. The largest absolute Gasteiger partial charge is 0.497 e. The highest BCUT2D eigenvalue weighted by Crippen LogP contribution is 2.28. The van der Waals surface area contributed by atoms with Crippen LogP contribution in [0.15, 0.2) is 42.5 Å². The van der Waals surface area contributed by atoms with E-state index < -0.39 is 5.60 Å². The van der Waals surface area contributed by atoms with Crippen molar-refractivity contribution in [1.82, 2.24) is 4.90 Å². The molecular formula is C21H24ClNO5. The molecule has 3 rings (SSSR count). The van der Waals surface area contributed by atoms with E-state index in [2.05, 4.69) is 0 Å². The Kier molecular flexibility index (Phi) is 6.31. The van der Waals surface area contributed by atoms with Gasteiger partial charge >= 0.3 is 0 Å². The van der Waals surface area contributed by atoms with Crippen molar-refractivity contribution in [3.8, 4) is 17.2 Å². The van der Waals surface area contributed by atoms with Crippen molar-refractivity contribution in [3.05, 3.63) is 53.1 Å². The predicted molar refractivity (Wildman–Crippen MR) is 107 cm³/mol. The summed E-state index contributed by atoms with van der Waals surface area (Å²) in [5.74, 6) is 1.48. The van der Waals surface area contributed by atoms with Crippen molar-refractivity contribution in [2.75, 3.05) is 33.9 Å². The number of rotatable bonds is 6. The Morgan fingerprint density at radius 2 is 1.86 bits per heavy atom. The molecule has 0 spiro atoms. The molecule has 2 aromatic carbocycles. The summed E-state index contributed by atoms with van der Waals surface area (Å²) < 4.78 is 16.2. The quantitative estimate of drug-likeness (QED) is 0.797. The molecule has 1 fully saturated rings. The van der Waals surface area contributed by atoms with E-state index in [1.165, 1.54) is 14.2 Å². The van der Waals surface area contributed by atoms with Crippen molar-refractivity contribution >= 4 is 17.5 Å². The number of methoxy groups -OCH3 is 2. The van der Waals surface area contributed by atoms with Gasteiger partial charge in [-0.25, -0.2) is 0 Å². The van der Waals surface area contributed by atoms with E-state index in [1.807, 2.05) is 0 Å². The summed E-state index contributed by atoms with van der Waals surface area (Å²) in [6, 6.07) is 12.1. The monoisotopic (exact) mass is 405 g/mol. The summed E-state index contributed by atoms with van der Waals surface area (Å²) in [5.41, 5.74) is -0.671. The third-order valence-electron chi connectivity index (χ3n) is 4.74. The van der Waals surface area contributed by atoms with Crippen molar-refractivity contribution in [2.45, 2.75) is 18.4 Å². The molecule has 0 aromatic heterocycles. The smallest absolute Gasteiger partial charge is 0.254 e. The minimum Gasteiger partial charge on any atom is -0.497 e. The number of carbonyl (C=O) groups is 1. The van der Waals surface area contributed by atoms with Crippen molar-refractivity contribution in [1.29, 1.82) is 0 Å². The summed E-state index contributed by atoms with van der Waals surface area (Å²) in [6.07, 6.45) is 1.24. The second kappa shape index (κ2) is 8.71. The van der Waals surface area contributed by atoms with Gasteiger partial charge in [0.15, 0.2) is 0 Å². The number of halogens is 1. The number of ether oxygens (including phenoxy) is 3. The Balaban J connectivity index is 1.70. The minimum atomic E-state index is -1.13. The van der Waals surface area contributed by atoms with Gasteiger partial charge in [0.2, 0.25) is 0 Å². The van der Waals surface area contributed by atoms with Crippen LogP contribution in [0.25, 0.3) is 0 Å². The number of nitrogens with zero attached hydrogens (tertiary/aromatic N) is 1. The fourth-order valence-corrected chi connectivity index (χ4v) is 3.47. The number of carbonyl (C=O) groups excluding carboxylic acids is 1. The van der Waals surface area contributed by atoms with Gasteiger partial charge in [-0.15, -0.1) is 0 Å². The number of hydrogen-bond donors (Lipinski definition) is 1. The van der Waals surface area contributed by atoms with Crippen LogP contribution in [0.2, 0.25) is 5.02 Å². The first-order valence-electron chi connectivity index (χ1n) is 9.05. The highest BCUT2D eigenvalue weighted by molar-refractivity contribution is 6.30. The molecule has 0 radical (unpaired) electrons. The molecule has 2 aromatic rings. The zero-order valence-corrected chi connectivity index (χ0v) is 16.7. The molecule has 1 saturated heterocycles. The van der Waals surface area contributed by atoms with Gasteiger partial charge in [0, 0.05) is 23.2 Å². The van der Waals surface area contributed by atoms with Crippen LogP contribution in [0.4, 0.5) is 0 Å². The molecule has 0 bridgehead atoms. The molecule has 1 aliphatic heterocycles. The van der Waals surface area contributed by atoms with Crippen LogP contribution < -0.4 is 14.2 Å². The van der Waals surface area contributed by atoms with Crippen molar-refractivity contribution < 1.29 is 24.1 Å². The molecule has 0 saturated carbocycles. The zero-order chi connectivity index (χ0) is 20.1. The Hall–Kier alpha value is -2.44. The lowest BCUT2D eigenvalue weighted by Gasteiger charge is -2.39. The highest BCUT2D eigenvalue weighted by atomic mass is 35.5. The standard InChI is InChI=1S/C21H24ClNO5/c1-26-18-9-15(10-19(12-18)27-2)20(24)23-8-4-7-21(25,13-23)14-28-17-6-3-5-16(22)11-17/h3,5-6,9-12,25H,4,7-8,13-14H2,1-2H3. The van der Waals surface area contributed by atoms with Crippen LogP contribution in [0.3, 0.4) is 0 Å². The van der Waals surface area contributed by atoms with E-state index in [-0.39, 0.29) is 19.1 Å². The number of benzene rings is 2. The zero-order valence-electron chi connectivity index (χ0n) is 16.0. The van der Waals surface area contributed by atoms with E-state index in [4.69, 9.17) is 25.8 Å². The van der Waals surface area contributed by atoms with Gasteiger partial charge in [-0.1, -0.05) is 17.7 Å². The lowest BCUT2D eigenvalue weighted by Crippen LogP contribution is -2.53. The van der Waals surface area contributed by atoms with Gasteiger partial charge in [0.05, 0.1) is 20.8 Å². The molecule has 1 heterocycles. The van der Waals surface area contributed by atoms with Crippen LogP contribution in [0.5, 0.6) is 17.2 Å². The molecule has 1 N–H and O–H groups in total. The van der Waals surface area contributed by atoms with Crippen molar-refractivity contribution in [2.24, 2.45) is 0 Å². The first-order valence-corrected chi connectivity index (χ1v) is 9.43. The van der Waals surface area contributed by atoms with E-state index in [0.29, 0.717) is 47.2 Å². The Morgan fingerprint density at radius 1 is 1.14 bits per heavy atom. The third-order valence-corrected chi connectivity index (χ3v) is 4.98. The van der Waals surface area contributed by atoms with Crippen molar-refractivity contribution in [3.63, 3.8) is 0 Å². The normalized spacial score (nSPS) is 19.2. The highest BCUT2D eigenvalue weighted by Gasteiger charge is 2.36. The molecular weight excluding hydrogens is 382 g/mol. The molecule has 150 valence electrons. The number of amides is 1. The molecule has 1 amide bonds. The lowest BCUT2D eigenvalue weighted by atomic mass is 9.93. The number of β-amino-alcohol motifs (C(OH)–C–C–N with tert-alkyl or cyclic N) is 1. The Labute approximate surface area is 169 Å². The van der Waals surface area contributed by atoms with E-state index >= 15 is 0 Å². The maximum absolute atomic E-state index is 13.0. The summed E-state index contributed by atoms with van der Waals surface area (Å²) in [6.45, 7) is 0.836. The first-order chi connectivity index (χ1) is 13.4. The molecule has 28 heavy (non-hydrogen) atoms. The maximum Gasteiger partial charge on any atom is 0.254 e. The lowest BCUT2D eigenvalue weighted by molar-refractivity contribution is -0.0532. The van der Waals surface area contributed by atoms with Gasteiger partial charge in [-0.2, -0.15) is 0 Å².